The molecule has 0 aliphatic heterocycles. The zero-order valence-electron chi connectivity index (χ0n) is 8.60. The fourth-order valence-electron chi connectivity index (χ4n) is 1.54. The Hall–Kier alpha value is -0.880. The van der Waals surface area contributed by atoms with Crippen LogP contribution in [0.1, 0.15) is 19.8 Å². The SMILES string of the molecule is CC(CNS(=O)(=O)c1ccn[nH]1)C1CC1. The zero-order valence-corrected chi connectivity index (χ0v) is 9.42. The second kappa shape index (κ2) is 3.94. The molecule has 0 spiro atoms. The standard InChI is InChI=1S/C9H15N3O2S/c1-7(8-2-3-8)6-11-15(13,14)9-4-5-10-12-9/h4-5,7-8,11H,2-3,6H2,1H3,(H,10,12). The van der Waals surface area contributed by atoms with Crippen molar-refractivity contribution in [1.29, 1.82) is 0 Å². The molecule has 1 heterocycles. The third kappa shape index (κ3) is 2.57. The van der Waals surface area contributed by atoms with Gasteiger partial charge in [-0.3, -0.25) is 5.10 Å². The Balaban J connectivity index is 1.93. The topological polar surface area (TPSA) is 74.8 Å². The van der Waals surface area contributed by atoms with Crippen molar-refractivity contribution in [2.24, 2.45) is 11.8 Å². The molecule has 1 aromatic rings. The average Bonchev–Trinajstić information content (AvgIpc) is 2.89. The summed E-state index contributed by atoms with van der Waals surface area (Å²) in [4.78, 5) is 0. The summed E-state index contributed by atoms with van der Waals surface area (Å²) < 4.78 is 25.9. The molecule has 0 aromatic carbocycles. The molecule has 0 saturated heterocycles. The lowest BCUT2D eigenvalue weighted by atomic mass is 10.1. The van der Waals surface area contributed by atoms with Crippen LogP contribution in [-0.2, 0) is 10.0 Å². The average molecular weight is 229 g/mol. The van der Waals surface area contributed by atoms with E-state index in [-0.39, 0.29) is 5.03 Å². The van der Waals surface area contributed by atoms with Gasteiger partial charge in [0.15, 0.2) is 5.03 Å². The molecule has 15 heavy (non-hydrogen) atoms. The van der Waals surface area contributed by atoms with Crippen LogP contribution in [0.25, 0.3) is 0 Å². The zero-order chi connectivity index (χ0) is 10.9. The molecule has 2 N–H and O–H groups in total. The highest BCUT2D eigenvalue weighted by molar-refractivity contribution is 7.89. The Morgan fingerprint density at radius 1 is 1.67 bits per heavy atom. The summed E-state index contributed by atoms with van der Waals surface area (Å²) in [5, 5.41) is 6.19. The summed E-state index contributed by atoms with van der Waals surface area (Å²) in [5.41, 5.74) is 0. The highest BCUT2D eigenvalue weighted by Gasteiger charge is 2.28. The van der Waals surface area contributed by atoms with E-state index in [0.717, 1.165) is 0 Å². The predicted molar refractivity (Wildman–Crippen MR) is 55.7 cm³/mol. The summed E-state index contributed by atoms with van der Waals surface area (Å²) in [6.07, 6.45) is 3.89. The molecule has 0 amide bonds. The molecule has 1 saturated carbocycles. The first-order chi connectivity index (χ1) is 7.09. The van der Waals surface area contributed by atoms with Gasteiger partial charge in [0.2, 0.25) is 0 Å². The maximum absolute atomic E-state index is 11.7. The van der Waals surface area contributed by atoms with Gasteiger partial charge in [0.1, 0.15) is 0 Å². The number of H-pyrrole nitrogens is 1. The Labute approximate surface area is 89.3 Å². The van der Waals surface area contributed by atoms with E-state index in [1.165, 1.54) is 25.1 Å². The third-order valence-electron chi connectivity index (χ3n) is 2.79. The Bertz CT molecular complexity index is 409. The van der Waals surface area contributed by atoms with E-state index in [9.17, 15) is 8.42 Å². The summed E-state index contributed by atoms with van der Waals surface area (Å²) in [5.74, 6) is 1.12. The normalized spacial score (nSPS) is 19.0. The van der Waals surface area contributed by atoms with Crippen LogP contribution in [0.15, 0.2) is 17.3 Å². The summed E-state index contributed by atoms with van der Waals surface area (Å²) >= 11 is 0. The monoisotopic (exact) mass is 229 g/mol. The molecule has 1 unspecified atom stereocenters. The fraction of sp³-hybridized carbons (Fsp3) is 0.667. The van der Waals surface area contributed by atoms with Crippen LogP contribution in [0.4, 0.5) is 0 Å². The van der Waals surface area contributed by atoms with Gasteiger partial charge in [0.05, 0.1) is 6.20 Å². The lowest BCUT2D eigenvalue weighted by Crippen LogP contribution is -2.29. The van der Waals surface area contributed by atoms with Gasteiger partial charge in [-0.2, -0.15) is 5.10 Å². The number of nitrogens with zero attached hydrogens (tertiary/aromatic N) is 1. The van der Waals surface area contributed by atoms with E-state index >= 15 is 0 Å². The molecule has 0 bridgehead atoms. The second-order valence-corrected chi connectivity index (χ2v) is 5.82. The van der Waals surface area contributed by atoms with Gasteiger partial charge in [-0.15, -0.1) is 0 Å². The van der Waals surface area contributed by atoms with Crippen LogP contribution in [-0.4, -0.2) is 25.2 Å². The highest BCUT2D eigenvalue weighted by atomic mass is 32.2. The minimum absolute atomic E-state index is 0.130. The number of rotatable bonds is 5. The van der Waals surface area contributed by atoms with E-state index in [1.807, 2.05) is 0 Å². The molecule has 5 nitrogen and oxygen atoms in total. The molecular weight excluding hydrogens is 214 g/mol. The molecule has 1 atom stereocenters. The summed E-state index contributed by atoms with van der Waals surface area (Å²) in [6.45, 7) is 2.58. The van der Waals surface area contributed by atoms with E-state index in [4.69, 9.17) is 0 Å². The molecule has 1 aliphatic rings. The first-order valence-corrected chi connectivity index (χ1v) is 6.57. The van der Waals surface area contributed by atoms with Crippen molar-refractivity contribution < 1.29 is 8.42 Å². The van der Waals surface area contributed by atoms with Crippen LogP contribution in [0, 0.1) is 11.8 Å². The van der Waals surface area contributed by atoms with Crippen molar-refractivity contribution in [1.82, 2.24) is 14.9 Å². The van der Waals surface area contributed by atoms with Crippen LogP contribution < -0.4 is 4.72 Å². The minimum atomic E-state index is -3.39. The van der Waals surface area contributed by atoms with Crippen LogP contribution in [0.2, 0.25) is 0 Å². The lowest BCUT2D eigenvalue weighted by molar-refractivity contribution is 0.491. The lowest BCUT2D eigenvalue weighted by Gasteiger charge is -2.10. The van der Waals surface area contributed by atoms with Gasteiger partial charge >= 0.3 is 0 Å². The number of nitrogens with one attached hydrogen (secondary N) is 2. The second-order valence-electron chi connectivity index (χ2n) is 4.09. The molecule has 2 rings (SSSR count). The number of hydrogen-bond donors (Lipinski definition) is 2. The van der Waals surface area contributed by atoms with Crippen molar-refractivity contribution in [2.45, 2.75) is 24.8 Å². The van der Waals surface area contributed by atoms with E-state index in [2.05, 4.69) is 21.8 Å². The quantitative estimate of drug-likeness (QED) is 0.781. The van der Waals surface area contributed by atoms with Gasteiger partial charge in [-0.1, -0.05) is 6.92 Å². The maximum Gasteiger partial charge on any atom is 0.257 e. The van der Waals surface area contributed by atoms with Crippen molar-refractivity contribution >= 4 is 10.0 Å². The van der Waals surface area contributed by atoms with Crippen molar-refractivity contribution in [2.75, 3.05) is 6.54 Å². The van der Waals surface area contributed by atoms with Gasteiger partial charge in [-0.25, -0.2) is 13.1 Å². The van der Waals surface area contributed by atoms with Crippen LogP contribution >= 0.6 is 0 Å². The number of aromatic amines is 1. The molecule has 6 heteroatoms. The molecule has 84 valence electrons. The predicted octanol–water partition coefficient (Wildman–Crippen LogP) is 0.734. The van der Waals surface area contributed by atoms with Crippen molar-refractivity contribution in [3.63, 3.8) is 0 Å². The first-order valence-electron chi connectivity index (χ1n) is 5.08. The van der Waals surface area contributed by atoms with Gasteiger partial charge in [-0.05, 0) is 30.7 Å². The number of aromatic nitrogens is 2. The molecular formula is C9H15N3O2S. The fourth-order valence-corrected chi connectivity index (χ4v) is 2.59. The van der Waals surface area contributed by atoms with Crippen LogP contribution in [0.5, 0.6) is 0 Å². The smallest absolute Gasteiger partial charge is 0.257 e. The van der Waals surface area contributed by atoms with Gasteiger partial charge in [0.25, 0.3) is 10.0 Å². The molecule has 1 aromatic heterocycles. The number of hydrogen-bond acceptors (Lipinski definition) is 3. The van der Waals surface area contributed by atoms with Gasteiger partial charge < -0.3 is 0 Å². The Morgan fingerprint density at radius 3 is 2.93 bits per heavy atom. The maximum atomic E-state index is 11.7. The summed E-state index contributed by atoms with van der Waals surface area (Å²) in [7, 11) is -3.39. The minimum Gasteiger partial charge on any atom is -0.266 e. The molecule has 1 fully saturated rings. The van der Waals surface area contributed by atoms with Crippen molar-refractivity contribution in [3.05, 3.63) is 12.3 Å². The number of sulfonamides is 1. The largest absolute Gasteiger partial charge is 0.266 e. The highest BCUT2D eigenvalue weighted by Crippen LogP contribution is 2.36. The molecule has 0 radical (unpaired) electrons. The van der Waals surface area contributed by atoms with E-state index in [1.54, 1.807) is 0 Å². The van der Waals surface area contributed by atoms with Gasteiger partial charge in [0, 0.05) is 6.54 Å². The molecule has 1 aliphatic carbocycles. The Kier molecular flexibility index (Phi) is 2.79. The summed E-state index contributed by atoms with van der Waals surface area (Å²) in [6, 6.07) is 1.45. The third-order valence-corrected chi connectivity index (χ3v) is 4.14. The van der Waals surface area contributed by atoms with E-state index < -0.39 is 10.0 Å². The van der Waals surface area contributed by atoms with E-state index in [0.29, 0.717) is 18.4 Å². The first kappa shape index (κ1) is 10.6. The van der Waals surface area contributed by atoms with Crippen molar-refractivity contribution in [3.8, 4) is 0 Å². The Morgan fingerprint density at radius 2 is 2.40 bits per heavy atom. The van der Waals surface area contributed by atoms with Crippen LogP contribution in [0.3, 0.4) is 0 Å².